The van der Waals surface area contributed by atoms with Gasteiger partial charge in [0.05, 0.1) is 15.7 Å². The molecule has 0 unspecified atom stereocenters. The molecule has 0 saturated carbocycles. The van der Waals surface area contributed by atoms with Crippen LogP contribution in [0.1, 0.15) is 0 Å². The van der Waals surface area contributed by atoms with Gasteiger partial charge in [-0.1, -0.05) is 35.3 Å². The van der Waals surface area contributed by atoms with Crippen LogP contribution in [0.15, 0.2) is 33.9 Å². The highest BCUT2D eigenvalue weighted by atomic mass is 35.5. The first kappa shape index (κ1) is 11.0. The maximum atomic E-state index is 11.1. The molecule has 2 rings (SSSR count). The lowest BCUT2D eigenvalue weighted by molar-refractivity contribution is 1.04. The molecule has 82 valence electrons. The Morgan fingerprint density at radius 2 is 1.81 bits per heavy atom. The van der Waals surface area contributed by atoms with Gasteiger partial charge in [-0.15, -0.1) is 0 Å². The lowest BCUT2D eigenvalue weighted by atomic mass is 10.1. The second-order valence-electron chi connectivity index (χ2n) is 3.10. The zero-order chi connectivity index (χ0) is 11.7. The van der Waals surface area contributed by atoms with E-state index in [-0.39, 0.29) is 0 Å². The zero-order valence-corrected chi connectivity index (χ0v) is 9.39. The van der Waals surface area contributed by atoms with Crippen molar-refractivity contribution in [1.29, 1.82) is 0 Å². The Hall–Kier alpha value is -1.52. The highest BCUT2D eigenvalue weighted by Gasteiger charge is 2.08. The Bertz CT molecular complexity index is 618. The molecule has 0 bridgehead atoms. The molecule has 0 aliphatic heterocycles. The molecule has 0 radical (unpaired) electrons. The molecule has 0 aliphatic carbocycles. The van der Waals surface area contributed by atoms with Crippen LogP contribution in [-0.2, 0) is 0 Å². The van der Waals surface area contributed by atoms with Crippen molar-refractivity contribution in [1.82, 2.24) is 9.97 Å². The Morgan fingerprint density at radius 1 is 1.06 bits per heavy atom. The van der Waals surface area contributed by atoms with Gasteiger partial charge >= 0.3 is 5.69 Å². The van der Waals surface area contributed by atoms with Gasteiger partial charge in [-0.25, -0.2) is 4.79 Å². The fraction of sp³-hybridized carbons (Fsp3) is 0. The topological polar surface area (TPSA) is 65.7 Å². The molecule has 0 saturated heterocycles. The summed E-state index contributed by atoms with van der Waals surface area (Å²) in [6.07, 6.45) is 0. The maximum absolute atomic E-state index is 11.1. The molecule has 0 atom stereocenters. The molecule has 4 nitrogen and oxygen atoms in total. The molecule has 1 aromatic carbocycles. The van der Waals surface area contributed by atoms with Crippen LogP contribution in [0.3, 0.4) is 0 Å². The normalized spacial score (nSPS) is 10.4. The number of halogens is 2. The molecule has 0 aliphatic rings. The highest BCUT2D eigenvalue weighted by Crippen LogP contribution is 2.31. The van der Waals surface area contributed by atoms with Gasteiger partial charge in [-0.05, 0) is 6.07 Å². The quantitative estimate of drug-likeness (QED) is 0.820. The minimum Gasteiger partial charge on any atom is -0.307 e. The first-order valence-corrected chi connectivity index (χ1v) is 5.11. The Kier molecular flexibility index (Phi) is 2.85. The van der Waals surface area contributed by atoms with Crippen molar-refractivity contribution >= 4 is 23.2 Å². The number of aromatic nitrogens is 2. The van der Waals surface area contributed by atoms with E-state index in [0.717, 1.165) is 0 Å². The van der Waals surface area contributed by atoms with Crippen LogP contribution in [-0.4, -0.2) is 9.97 Å². The first-order valence-electron chi connectivity index (χ1n) is 4.36. The molecule has 1 aromatic heterocycles. The SMILES string of the molecule is O=c1cc(-c2cccc(Cl)c2Cl)[nH]c(=O)[nH]1. The second kappa shape index (κ2) is 4.15. The van der Waals surface area contributed by atoms with E-state index < -0.39 is 11.2 Å². The van der Waals surface area contributed by atoms with Crippen LogP contribution >= 0.6 is 23.2 Å². The number of rotatable bonds is 1. The number of H-pyrrole nitrogens is 2. The molecule has 2 N–H and O–H groups in total. The summed E-state index contributed by atoms with van der Waals surface area (Å²) in [6.45, 7) is 0. The van der Waals surface area contributed by atoms with Gasteiger partial charge in [-0.2, -0.15) is 0 Å². The van der Waals surface area contributed by atoms with Gasteiger partial charge in [0.25, 0.3) is 5.56 Å². The molecular weight excluding hydrogens is 251 g/mol. The van der Waals surface area contributed by atoms with Crippen molar-refractivity contribution in [2.75, 3.05) is 0 Å². The van der Waals surface area contributed by atoms with E-state index in [1.807, 2.05) is 0 Å². The van der Waals surface area contributed by atoms with Crippen LogP contribution in [0.5, 0.6) is 0 Å². The molecule has 0 fully saturated rings. The van der Waals surface area contributed by atoms with Gasteiger partial charge in [-0.3, -0.25) is 9.78 Å². The predicted octanol–water partition coefficient (Wildman–Crippen LogP) is 2.04. The summed E-state index contributed by atoms with van der Waals surface area (Å²) in [5, 5.41) is 0.658. The van der Waals surface area contributed by atoms with Crippen molar-refractivity contribution in [2.45, 2.75) is 0 Å². The highest BCUT2D eigenvalue weighted by molar-refractivity contribution is 6.43. The summed E-state index contributed by atoms with van der Waals surface area (Å²) < 4.78 is 0. The maximum Gasteiger partial charge on any atom is 0.326 e. The van der Waals surface area contributed by atoms with E-state index in [1.165, 1.54) is 6.07 Å². The number of hydrogen-bond donors (Lipinski definition) is 2. The van der Waals surface area contributed by atoms with E-state index in [0.29, 0.717) is 21.3 Å². The Balaban J connectivity index is 2.72. The van der Waals surface area contributed by atoms with Crippen molar-refractivity contribution in [3.05, 3.63) is 55.1 Å². The summed E-state index contributed by atoms with van der Waals surface area (Å²) in [6, 6.07) is 6.22. The summed E-state index contributed by atoms with van der Waals surface area (Å²) >= 11 is 11.8. The zero-order valence-electron chi connectivity index (χ0n) is 7.88. The number of benzene rings is 1. The standard InChI is InChI=1S/C10H6Cl2N2O2/c11-6-3-1-2-5(9(6)12)7-4-8(15)14-10(16)13-7/h1-4H,(H2,13,14,15,16). The van der Waals surface area contributed by atoms with Gasteiger partial charge in [0.15, 0.2) is 0 Å². The third-order valence-corrected chi connectivity index (χ3v) is 2.82. The van der Waals surface area contributed by atoms with E-state index in [2.05, 4.69) is 9.97 Å². The number of nitrogens with one attached hydrogen (secondary N) is 2. The summed E-state index contributed by atoms with van der Waals surface area (Å²) in [5.41, 5.74) is -0.230. The summed E-state index contributed by atoms with van der Waals surface area (Å²) in [4.78, 5) is 26.8. The molecule has 6 heteroatoms. The summed E-state index contributed by atoms with van der Waals surface area (Å²) in [5.74, 6) is 0. The predicted molar refractivity (Wildman–Crippen MR) is 63.1 cm³/mol. The van der Waals surface area contributed by atoms with Crippen LogP contribution in [0, 0.1) is 0 Å². The van der Waals surface area contributed by atoms with Gasteiger partial charge < -0.3 is 4.98 Å². The first-order chi connectivity index (χ1) is 7.58. The fourth-order valence-electron chi connectivity index (χ4n) is 1.33. The van der Waals surface area contributed by atoms with Crippen LogP contribution in [0.25, 0.3) is 11.3 Å². The minimum absolute atomic E-state index is 0.297. The average Bonchev–Trinajstić information content (AvgIpc) is 2.20. The van der Waals surface area contributed by atoms with E-state index >= 15 is 0 Å². The monoisotopic (exact) mass is 256 g/mol. The molecule has 0 amide bonds. The molecular formula is C10H6Cl2N2O2. The lowest BCUT2D eigenvalue weighted by Gasteiger charge is -2.04. The average molecular weight is 257 g/mol. The minimum atomic E-state index is -0.585. The Labute approximate surface area is 99.9 Å². The van der Waals surface area contributed by atoms with Crippen LogP contribution in [0.2, 0.25) is 10.0 Å². The van der Waals surface area contributed by atoms with Crippen molar-refractivity contribution in [3.63, 3.8) is 0 Å². The second-order valence-corrected chi connectivity index (χ2v) is 3.89. The van der Waals surface area contributed by atoms with Gasteiger partial charge in [0.2, 0.25) is 0 Å². The third-order valence-electron chi connectivity index (χ3n) is 2.00. The van der Waals surface area contributed by atoms with E-state index in [9.17, 15) is 9.59 Å². The van der Waals surface area contributed by atoms with Crippen LogP contribution < -0.4 is 11.2 Å². The molecule has 0 spiro atoms. The fourth-order valence-corrected chi connectivity index (χ4v) is 1.73. The summed E-state index contributed by atoms with van der Waals surface area (Å²) in [7, 11) is 0. The van der Waals surface area contributed by atoms with Gasteiger partial charge in [0, 0.05) is 11.6 Å². The van der Waals surface area contributed by atoms with Crippen molar-refractivity contribution < 1.29 is 0 Å². The third kappa shape index (κ3) is 2.03. The van der Waals surface area contributed by atoms with Crippen LogP contribution in [0.4, 0.5) is 0 Å². The Morgan fingerprint density at radius 3 is 2.50 bits per heavy atom. The molecule has 16 heavy (non-hydrogen) atoms. The molecule has 2 aromatic rings. The van der Waals surface area contributed by atoms with Crippen molar-refractivity contribution in [3.8, 4) is 11.3 Å². The van der Waals surface area contributed by atoms with Gasteiger partial charge in [0.1, 0.15) is 0 Å². The van der Waals surface area contributed by atoms with E-state index in [4.69, 9.17) is 23.2 Å². The molecule has 1 heterocycles. The number of hydrogen-bond acceptors (Lipinski definition) is 2. The lowest BCUT2D eigenvalue weighted by Crippen LogP contribution is -2.21. The van der Waals surface area contributed by atoms with Crippen molar-refractivity contribution in [2.24, 2.45) is 0 Å². The largest absolute Gasteiger partial charge is 0.326 e. The smallest absolute Gasteiger partial charge is 0.307 e. The van der Waals surface area contributed by atoms with E-state index in [1.54, 1.807) is 18.2 Å². The number of aromatic amines is 2.